The van der Waals surface area contributed by atoms with E-state index in [1.807, 2.05) is 16.4 Å². The second-order valence-electron chi connectivity index (χ2n) is 8.92. The van der Waals surface area contributed by atoms with Crippen molar-refractivity contribution in [3.05, 3.63) is 42.1 Å². The van der Waals surface area contributed by atoms with Gasteiger partial charge in [-0.3, -0.25) is 14.5 Å². The molecule has 1 aliphatic rings. The molecule has 0 bridgehead atoms. The normalized spacial score (nSPS) is 14.1. The number of fused-ring (bicyclic) bond motifs is 1. The quantitative estimate of drug-likeness (QED) is 0.351. The van der Waals surface area contributed by atoms with Crippen LogP contribution < -0.4 is 15.8 Å². The third-order valence-electron chi connectivity index (χ3n) is 6.50. The predicted octanol–water partition coefficient (Wildman–Crippen LogP) is 1.77. The second kappa shape index (κ2) is 10.8. The van der Waals surface area contributed by atoms with Gasteiger partial charge < -0.3 is 25.3 Å². The highest BCUT2D eigenvalue weighted by molar-refractivity contribution is 5.94. The zero-order valence-corrected chi connectivity index (χ0v) is 21.3. The van der Waals surface area contributed by atoms with Crippen LogP contribution in [0.3, 0.4) is 0 Å². The van der Waals surface area contributed by atoms with Crippen molar-refractivity contribution in [2.24, 2.45) is 0 Å². The van der Waals surface area contributed by atoms with Crippen molar-refractivity contribution < 1.29 is 19.0 Å². The first-order chi connectivity index (χ1) is 18.4. The fourth-order valence-corrected chi connectivity index (χ4v) is 4.45. The number of nitrogens with two attached hydrogens (primary N) is 1. The Kier molecular flexibility index (Phi) is 7.18. The molecule has 13 nitrogen and oxygen atoms in total. The number of rotatable bonds is 8. The number of ether oxygens (including phenoxy) is 1. The van der Waals surface area contributed by atoms with Gasteiger partial charge in [0.25, 0.3) is 5.91 Å². The van der Waals surface area contributed by atoms with E-state index in [4.69, 9.17) is 15.1 Å². The monoisotopic (exact) mass is 519 g/mol. The number of aromatic nitrogens is 5. The number of aryl methyl sites for hydroxylation is 1. The molecule has 0 atom stereocenters. The van der Waals surface area contributed by atoms with Crippen LogP contribution in [0.4, 0.5) is 5.82 Å². The van der Waals surface area contributed by atoms with Gasteiger partial charge in [0.05, 0.1) is 11.7 Å². The van der Waals surface area contributed by atoms with Gasteiger partial charge in [-0.25, -0.2) is 14.6 Å². The molecule has 1 aromatic carbocycles. The molecule has 0 unspecified atom stereocenters. The molecule has 4 aromatic rings. The van der Waals surface area contributed by atoms with E-state index >= 15 is 0 Å². The first-order valence-electron chi connectivity index (χ1n) is 12.4. The van der Waals surface area contributed by atoms with Crippen LogP contribution in [-0.4, -0.2) is 85.7 Å². The summed E-state index contributed by atoms with van der Waals surface area (Å²) < 4.78 is 12.6. The Morgan fingerprint density at radius 1 is 1.16 bits per heavy atom. The van der Waals surface area contributed by atoms with Gasteiger partial charge in [-0.1, -0.05) is 6.07 Å². The van der Waals surface area contributed by atoms with Gasteiger partial charge in [0, 0.05) is 64.4 Å². The molecule has 1 saturated heterocycles. The molecule has 1 fully saturated rings. The Morgan fingerprint density at radius 3 is 2.68 bits per heavy atom. The number of hydrogen-bond donors (Lipinski definition) is 2. The zero-order chi connectivity index (χ0) is 26.6. The van der Waals surface area contributed by atoms with E-state index in [1.54, 1.807) is 43.5 Å². The molecule has 0 aliphatic carbocycles. The number of imidazole rings is 1. The van der Waals surface area contributed by atoms with E-state index in [9.17, 15) is 9.59 Å². The lowest BCUT2D eigenvalue weighted by atomic mass is 10.2. The number of hydrogen-bond acceptors (Lipinski definition) is 10. The van der Waals surface area contributed by atoms with Crippen molar-refractivity contribution in [1.29, 1.82) is 0 Å². The highest BCUT2D eigenvalue weighted by Crippen LogP contribution is 2.29. The number of nitrogens with zero attached hydrogens (tertiary/aromatic N) is 7. The minimum atomic E-state index is -0.186. The topological polar surface area (TPSA) is 158 Å². The molecule has 13 heteroatoms. The summed E-state index contributed by atoms with van der Waals surface area (Å²) in [5, 5.41) is 10.5. The number of amides is 2. The van der Waals surface area contributed by atoms with Gasteiger partial charge in [0.15, 0.2) is 17.3 Å². The molecule has 0 radical (unpaired) electrons. The smallest absolute Gasteiger partial charge is 0.251 e. The van der Waals surface area contributed by atoms with Crippen LogP contribution in [0.15, 0.2) is 41.2 Å². The van der Waals surface area contributed by atoms with Gasteiger partial charge in [0.2, 0.25) is 11.8 Å². The Bertz CT molecular complexity index is 1460. The molecule has 38 heavy (non-hydrogen) atoms. The summed E-state index contributed by atoms with van der Waals surface area (Å²) >= 11 is 0. The molecule has 0 saturated carbocycles. The molecule has 5 rings (SSSR count). The van der Waals surface area contributed by atoms with Crippen LogP contribution in [0.5, 0.6) is 11.6 Å². The Hall–Kier alpha value is -4.52. The number of piperazine rings is 1. The molecule has 3 N–H and O–H groups in total. The summed E-state index contributed by atoms with van der Waals surface area (Å²) in [5.74, 6) is 1.44. The van der Waals surface area contributed by atoms with Crippen LogP contribution in [0.2, 0.25) is 0 Å². The van der Waals surface area contributed by atoms with E-state index < -0.39 is 0 Å². The molecule has 4 heterocycles. The highest BCUT2D eigenvalue weighted by atomic mass is 16.6. The van der Waals surface area contributed by atoms with Crippen molar-refractivity contribution in [2.45, 2.75) is 20.4 Å². The van der Waals surface area contributed by atoms with Crippen LogP contribution in [0, 0.1) is 0 Å². The van der Waals surface area contributed by atoms with E-state index in [0.29, 0.717) is 60.4 Å². The lowest BCUT2D eigenvalue weighted by molar-refractivity contribution is -0.130. The molecule has 3 aromatic heterocycles. The first-order valence-corrected chi connectivity index (χ1v) is 12.4. The SMILES string of the molecule is CCn1c(-c2nonc2N)nc2cnc(Oc3cccc(C(=O)NCCN4CCN(C(C)=O)CC4)c3)cc21. The molecule has 0 spiro atoms. The average Bonchev–Trinajstić information content (AvgIpc) is 3.51. The van der Waals surface area contributed by atoms with E-state index in [0.717, 1.165) is 25.2 Å². The van der Waals surface area contributed by atoms with Crippen LogP contribution in [0.1, 0.15) is 24.2 Å². The lowest BCUT2D eigenvalue weighted by Crippen LogP contribution is -2.49. The Labute approximate surface area is 218 Å². The van der Waals surface area contributed by atoms with Gasteiger partial charge in [-0.2, -0.15) is 0 Å². The minimum Gasteiger partial charge on any atom is -0.439 e. The number of pyridine rings is 1. The van der Waals surface area contributed by atoms with Crippen molar-refractivity contribution in [3.8, 4) is 23.1 Å². The summed E-state index contributed by atoms with van der Waals surface area (Å²) in [6.07, 6.45) is 1.61. The summed E-state index contributed by atoms with van der Waals surface area (Å²) in [7, 11) is 0. The number of nitrogen functional groups attached to an aromatic ring is 1. The van der Waals surface area contributed by atoms with Gasteiger partial charge in [-0.05, 0) is 35.4 Å². The van der Waals surface area contributed by atoms with Crippen molar-refractivity contribution >= 4 is 28.7 Å². The van der Waals surface area contributed by atoms with Crippen LogP contribution in [0.25, 0.3) is 22.6 Å². The summed E-state index contributed by atoms with van der Waals surface area (Å²) in [6.45, 7) is 8.44. The second-order valence-corrected chi connectivity index (χ2v) is 8.92. The molecule has 2 amide bonds. The largest absolute Gasteiger partial charge is 0.439 e. The molecular formula is C25H29N9O4. The predicted molar refractivity (Wildman–Crippen MR) is 138 cm³/mol. The van der Waals surface area contributed by atoms with Crippen LogP contribution in [-0.2, 0) is 11.3 Å². The van der Waals surface area contributed by atoms with Crippen molar-refractivity contribution in [2.75, 3.05) is 45.0 Å². The minimum absolute atomic E-state index is 0.102. The maximum Gasteiger partial charge on any atom is 0.251 e. The maximum absolute atomic E-state index is 12.7. The summed E-state index contributed by atoms with van der Waals surface area (Å²) in [5.41, 5.74) is 8.14. The number of carbonyl (C=O) groups excluding carboxylic acids is 2. The summed E-state index contributed by atoms with van der Waals surface area (Å²) in [6, 6.07) is 8.72. The fraction of sp³-hybridized carbons (Fsp3) is 0.360. The standard InChI is InChI=1S/C25H29N9O4/c1-3-34-20-14-21(28-15-19(20)29-24(34)22-23(26)31-38-30-22)37-18-6-4-5-17(13-18)25(36)27-7-8-32-9-11-33(12-10-32)16(2)35/h4-6,13-15H,3,7-12H2,1-2H3,(H2,26,31)(H,27,36). The zero-order valence-electron chi connectivity index (χ0n) is 21.3. The number of carbonyl (C=O) groups is 2. The van der Waals surface area contributed by atoms with Crippen molar-refractivity contribution in [3.63, 3.8) is 0 Å². The maximum atomic E-state index is 12.7. The number of benzene rings is 1. The number of nitrogens with one attached hydrogen (secondary N) is 1. The van der Waals surface area contributed by atoms with E-state index in [-0.39, 0.29) is 17.6 Å². The fourth-order valence-electron chi connectivity index (χ4n) is 4.45. The Morgan fingerprint density at radius 2 is 1.97 bits per heavy atom. The third-order valence-corrected chi connectivity index (χ3v) is 6.50. The molecule has 198 valence electrons. The molecule has 1 aliphatic heterocycles. The third kappa shape index (κ3) is 5.27. The van der Waals surface area contributed by atoms with Gasteiger partial charge in [-0.15, -0.1) is 0 Å². The van der Waals surface area contributed by atoms with E-state index in [2.05, 4.69) is 30.5 Å². The number of anilines is 1. The van der Waals surface area contributed by atoms with Crippen LogP contribution >= 0.6 is 0 Å². The summed E-state index contributed by atoms with van der Waals surface area (Å²) in [4.78, 5) is 37.2. The first kappa shape index (κ1) is 25.1. The van der Waals surface area contributed by atoms with E-state index in [1.165, 1.54) is 0 Å². The van der Waals surface area contributed by atoms with Gasteiger partial charge >= 0.3 is 0 Å². The Balaban J connectivity index is 1.23. The van der Waals surface area contributed by atoms with Crippen molar-refractivity contribution in [1.82, 2.24) is 40.0 Å². The lowest BCUT2D eigenvalue weighted by Gasteiger charge is -2.34. The highest BCUT2D eigenvalue weighted by Gasteiger charge is 2.20. The average molecular weight is 520 g/mol. The van der Waals surface area contributed by atoms with Gasteiger partial charge in [0.1, 0.15) is 11.3 Å². The molecular weight excluding hydrogens is 490 g/mol.